The summed E-state index contributed by atoms with van der Waals surface area (Å²) in [6, 6.07) is 8.37. The second kappa shape index (κ2) is 5.44. The van der Waals surface area contributed by atoms with Gasteiger partial charge in [0.05, 0.1) is 5.39 Å². The molecule has 0 spiro atoms. The lowest BCUT2D eigenvalue weighted by Crippen LogP contribution is -2.23. The fraction of sp³-hybridized carbons (Fsp3) is 0.250. The summed E-state index contributed by atoms with van der Waals surface area (Å²) in [5.74, 6) is -0.157. The Morgan fingerprint density at radius 2 is 2.00 bits per heavy atom. The van der Waals surface area contributed by atoms with Crippen molar-refractivity contribution in [1.82, 2.24) is 5.32 Å². The maximum absolute atomic E-state index is 12.3. The van der Waals surface area contributed by atoms with Gasteiger partial charge in [0.1, 0.15) is 11.0 Å². The van der Waals surface area contributed by atoms with E-state index >= 15 is 0 Å². The Bertz CT molecular complexity index is 859. The fourth-order valence-electron chi connectivity index (χ4n) is 2.17. The van der Waals surface area contributed by atoms with Gasteiger partial charge in [0.15, 0.2) is 5.76 Å². The van der Waals surface area contributed by atoms with Gasteiger partial charge in [-0.2, -0.15) is 0 Å². The summed E-state index contributed by atoms with van der Waals surface area (Å²) < 4.78 is 10.9. The minimum Gasteiger partial charge on any atom is -0.425 e. The molecule has 0 fully saturated rings. The van der Waals surface area contributed by atoms with Crippen LogP contribution < -0.4 is 10.7 Å². The Morgan fingerprint density at radius 1 is 1.19 bits per heavy atom. The lowest BCUT2D eigenvalue weighted by atomic mass is 10.2. The largest absolute Gasteiger partial charge is 0.425 e. The van der Waals surface area contributed by atoms with Gasteiger partial charge in [-0.1, -0.05) is 25.5 Å². The first-order chi connectivity index (χ1) is 10.2. The number of carbonyl (C=O) groups is 1. The van der Waals surface area contributed by atoms with E-state index in [4.69, 9.17) is 8.83 Å². The molecule has 0 radical (unpaired) electrons. The van der Waals surface area contributed by atoms with Crippen LogP contribution in [0.25, 0.3) is 22.1 Å². The fourth-order valence-corrected chi connectivity index (χ4v) is 2.17. The van der Waals surface area contributed by atoms with Crippen LogP contribution in [0.3, 0.4) is 0 Å². The van der Waals surface area contributed by atoms with E-state index in [0.29, 0.717) is 17.5 Å². The van der Waals surface area contributed by atoms with E-state index in [2.05, 4.69) is 5.32 Å². The van der Waals surface area contributed by atoms with Crippen LogP contribution in [0.2, 0.25) is 0 Å². The number of benzene rings is 1. The third-order valence-corrected chi connectivity index (χ3v) is 3.32. The third kappa shape index (κ3) is 2.42. The number of rotatable bonds is 4. The van der Waals surface area contributed by atoms with Crippen molar-refractivity contribution in [2.24, 2.45) is 0 Å². The number of amides is 1. The first kappa shape index (κ1) is 13.4. The summed E-state index contributed by atoms with van der Waals surface area (Å²) in [6.07, 6.45) is 1.89. The second-order valence-corrected chi connectivity index (χ2v) is 4.85. The van der Waals surface area contributed by atoms with E-state index in [1.165, 1.54) is 6.07 Å². The van der Waals surface area contributed by atoms with Gasteiger partial charge in [0.2, 0.25) is 5.43 Å². The highest BCUT2D eigenvalue weighted by Gasteiger charge is 2.17. The molecule has 5 nitrogen and oxygen atoms in total. The first-order valence-electron chi connectivity index (χ1n) is 6.94. The molecule has 0 aliphatic carbocycles. The van der Waals surface area contributed by atoms with Crippen LogP contribution >= 0.6 is 0 Å². The lowest BCUT2D eigenvalue weighted by Gasteiger charge is -1.99. The number of para-hydroxylation sites is 1. The van der Waals surface area contributed by atoms with Crippen LogP contribution in [-0.4, -0.2) is 12.5 Å². The third-order valence-electron chi connectivity index (χ3n) is 3.32. The number of unbranched alkanes of at least 4 members (excludes halogenated alkanes) is 1. The summed E-state index contributed by atoms with van der Waals surface area (Å²) in [4.78, 5) is 24.3. The molecule has 3 aromatic rings. The van der Waals surface area contributed by atoms with Crippen molar-refractivity contribution < 1.29 is 13.6 Å². The molecule has 0 saturated heterocycles. The molecule has 0 saturated carbocycles. The molecule has 2 aromatic heterocycles. The zero-order valence-electron chi connectivity index (χ0n) is 11.6. The molecule has 1 amide bonds. The van der Waals surface area contributed by atoms with Crippen molar-refractivity contribution in [2.45, 2.75) is 19.8 Å². The zero-order valence-corrected chi connectivity index (χ0v) is 11.6. The van der Waals surface area contributed by atoms with E-state index in [9.17, 15) is 9.59 Å². The minimum absolute atomic E-state index is 0.0827. The molecule has 1 aromatic carbocycles. The minimum atomic E-state index is -0.335. The number of hydrogen-bond donors (Lipinski definition) is 1. The molecular formula is C16H15NO4. The monoisotopic (exact) mass is 285 g/mol. The smallest absolute Gasteiger partial charge is 0.302 e. The summed E-state index contributed by atoms with van der Waals surface area (Å²) in [5.41, 5.74) is 0.255. The average Bonchev–Trinajstić information content (AvgIpc) is 2.92. The van der Waals surface area contributed by atoms with Crippen molar-refractivity contribution in [3.8, 4) is 0 Å². The number of furan rings is 1. The van der Waals surface area contributed by atoms with E-state index in [-0.39, 0.29) is 28.3 Å². The molecule has 0 aliphatic rings. The number of nitrogens with one attached hydrogen (secondary N) is 1. The quantitative estimate of drug-likeness (QED) is 0.748. The summed E-state index contributed by atoms with van der Waals surface area (Å²) in [5, 5.41) is 3.51. The molecule has 0 unspecified atom stereocenters. The maximum atomic E-state index is 12.3. The SMILES string of the molecule is CCCCNC(=O)c1cc2c(=O)c3ccccc3oc2o1. The van der Waals surface area contributed by atoms with Crippen LogP contribution in [-0.2, 0) is 0 Å². The number of hydrogen-bond acceptors (Lipinski definition) is 4. The lowest BCUT2D eigenvalue weighted by molar-refractivity contribution is 0.0926. The molecule has 3 rings (SSSR count). The molecule has 0 atom stereocenters. The van der Waals surface area contributed by atoms with Gasteiger partial charge in [-0.25, -0.2) is 0 Å². The topological polar surface area (TPSA) is 72.5 Å². The highest BCUT2D eigenvalue weighted by Crippen LogP contribution is 2.21. The van der Waals surface area contributed by atoms with E-state index in [1.807, 2.05) is 6.92 Å². The summed E-state index contributed by atoms with van der Waals surface area (Å²) in [7, 11) is 0. The standard InChI is InChI=1S/C16H15NO4/c1-2-3-8-17-15(19)13-9-11-14(18)10-6-4-5-7-12(10)20-16(11)21-13/h4-7,9H,2-3,8H2,1H3,(H,17,19). The maximum Gasteiger partial charge on any atom is 0.302 e. The highest BCUT2D eigenvalue weighted by atomic mass is 16.5. The van der Waals surface area contributed by atoms with Gasteiger partial charge in [0, 0.05) is 12.6 Å². The van der Waals surface area contributed by atoms with Gasteiger partial charge >= 0.3 is 5.78 Å². The van der Waals surface area contributed by atoms with Crippen LogP contribution in [0, 0.1) is 0 Å². The Morgan fingerprint density at radius 3 is 2.81 bits per heavy atom. The van der Waals surface area contributed by atoms with Crippen molar-refractivity contribution in [3.05, 3.63) is 46.3 Å². The zero-order chi connectivity index (χ0) is 14.8. The van der Waals surface area contributed by atoms with Gasteiger partial charge < -0.3 is 14.2 Å². The normalized spacial score (nSPS) is 11.1. The Hall–Kier alpha value is -2.56. The molecule has 5 heteroatoms. The second-order valence-electron chi connectivity index (χ2n) is 4.85. The Labute approximate surface area is 120 Å². The van der Waals surface area contributed by atoms with Crippen LogP contribution in [0.1, 0.15) is 30.3 Å². The summed E-state index contributed by atoms with van der Waals surface area (Å²) >= 11 is 0. The molecule has 0 bridgehead atoms. The van der Waals surface area contributed by atoms with Gasteiger partial charge in [-0.3, -0.25) is 9.59 Å². The molecule has 108 valence electrons. The predicted molar refractivity (Wildman–Crippen MR) is 79.5 cm³/mol. The van der Waals surface area contributed by atoms with Gasteiger partial charge in [-0.05, 0) is 18.6 Å². The van der Waals surface area contributed by atoms with Crippen LogP contribution in [0.15, 0.2) is 44.0 Å². The number of carbonyl (C=O) groups excluding carboxylic acids is 1. The first-order valence-corrected chi connectivity index (χ1v) is 6.94. The molecule has 0 aliphatic heterocycles. The van der Waals surface area contributed by atoms with Crippen LogP contribution in [0.4, 0.5) is 0 Å². The van der Waals surface area contributed by atoms with Gasteiger partial charge in [-0.15, -0.1) is 0 Å². The van der Waals surface area contributed by atoms with E-state index in [0.717, 1.165) is 12.8 Å². The van der Waals surface area contributed by atoms with Crippen molar-refractivity contribution in [3.63, 3.8) is 0 Å². The van der Waals surface area contributed by atoms with Crippen LogP contribution in [0.5, 0.6) is 0 Å². The molecule has 1 N–H and O–H groups in total. The summed E-state index contributed by atoms with van der Waals surface area (Å²) in [6.45, 7) is 2.62. The number of fused-ring (bicyclic) bond motifs is 2. The van der Waals surface area contributed by atoms with E-state index < -0.39 is 0 Å². The Kier molecular flexibility index (Phi) is 3.48. The van der Waals surface area contributed by atoms with Crippen molar-refractivity contribution >= 4 is 28.0 Å². The van der Waals surface area contributed by atoms with E-state index in [1.54, 1.807) is 24.3 Å². The molecular weight excluding hydrogens is 270 g/mol. The molecule has 2 heterocycles. The Balaban J connectivity index is 2.04. The molecule has 21 heavy (non-hydrogen) atoms. The average molecular weight is 285 g/mol. The highest BCUT2D eigenvalue weighted by molar-refractivity contribution is 5.97. The van der Waals surface area contributed by atoms with Crippen molar-refractivity contribution in [1.29, 1.82) is 0 Å². The van der Waals surface area contributed by atoms with Crippen molar-refractivity contribution in [2.75, 3.05) is 6.54 Å². The predicted octanol–water partition coefficient (Wildman–Crippen LogP) is 3.07. The van der Waals surface area contributed by atoms with Gasteiger partial charge in [0.25, 0.3) is 5.91 Å².